The Bertz CT molecular complexity index is 609. The van der Waals surface area contributed by atoms with Gasteiger partial charge in [0.1, 0.15) is 0 Å². The highest BCUT2D eigenvalue weighted by Crippen LogP contribution is 2.10. The smallest absolute Gasteiger partial charge is 0.339 e. The van der Waals surface area contributed by atoms with E-state index in [0.29, 0.717) is 18.2 Å². The van der Waals surface area contributed by atoms with Crippen molar-refractivity contribution in [2.24, 2.45) is 0 Å². The molecule has 2 rings (SSSR count). The summed E-state index contributed by atoms with van der Waals surface area (Å²) in [6.07, 6.45) is 2.35. The maximum atomic E-state index is 10.9. The number of rotatable bonds is 5. The number of carbonyl (C=O) groups is 1. The second-order valence-corrected chi connectivity index (χ2v) is 4.52. The zero-order valence-electron chi connectivity index (χ0n) is 11.6. The number of carboxylic acids is 1. The quantitative estimate of drug-likeness (QED) is 0.874. The van der Waals surface area contributed by atoms with Crippen LogP contribution in [0.3, 0.4) is 0 Å². The van der Waals surface area contributed by atoms with Crippen LogP contribution in [0.1, 0.15) is 34.1 Å². The van der Waals surface area contributed by atoms with Crippen LogP contribution in [-0.4, -0.2) is 21.0 Å². The molecule has 0 saturated heterocycles. The van der Waals surface area contributed by atoms with Gasteiger partial charge in [-0.1, -0.05) is 31.2 Å². The summed E-state index contributed by atoms with van der Waals surface area (Å²) in [5, 5.41) is 12.0. The van der Waals surface area contributed by atoms with E-state index in [1.54, 1.807) is 6.92 Å². The molecular weight excluding hydrogens is 254 g/mol. The fraction of sp³-hybridized carbons (Fsp3) is 0.267. The second-order valence-electron chi connectivity index (χ2n) is 4.52. The van der Waals surface area contributed by atoms with E-state index in [1.807, 2.05) is 0 Å². The number of anilines is 1. The number of aromatic carboxylic acids is 1. The molecule has 104 valence electrons. The van der Waals surface area contributed by atoms with Crippen LogP contribution in [0, 0.1) is 6.92 Å². The van der Waals surface area contributed by atoms with E-state index in [2.05, 4.69) is 46.5 Å². The minimum Gasteiger partial charge on any atom is -0.478 e. The Labute approximate surface area is 117 Å². The van der Waals surface area contributed by atoms with Crippen molar-refractivity contribution in [2.45, 2.75) is 26.8 Å². The normalized spacial score (nSPS) is 10.3. The fourth-order valence-corrected chi connectivity index (χ4v) is 1.84. The Morgan fingerprint density at radius 2 is 1.90 bits per heavy atom. The van der Waals surface area contributed by atoms with Gasteiger partial charge in [-0.3, -0.25) is 0 Å². The van der Waals surface area contributed by atoms with Gasteiger partial charge in [-0.25, -0.2) is 14.8 Å². The van der Waals surface area contributed by atoms with Gasteiger partial charge in [0, 0.05) is 12.7 Å². The zero-order chi connectivity index (χ0) is 14.5. The predicted octanol–water partition coefficient (Wildman–Crippen LogP) is 2.66. The molecule has 2 aromatic rings. The third kappa shape index (κ3) is 3.32. The van der Waals surface area contributed by atoms with Gasteiger partial charge in [-0.2, -0.15) is 0 Å². The number of aromatic nitrogens is 2. The summed E-state index contributed by atoms with van der Waals surface area (Å²) in [6, 6.07) is 8.31. The first-order chi connectivity index (χ1) is 9.60. The van der Waals surface area contributed by atoms with Gasteiger partial charge in [-0.05, 0) is 24.5 Å². The number of nitrogens with zero attached hydrogens (tertiary/aromatic N) is 2. The van der Waals surface area contributed by atoms with Crippen molar-refractivity contribution in [3.8, 4) is 0 Å². The fourth-order valence-electron chi connectivity index (χ4n) is 1.84. The number of aryl methyl sites for hydroxylation is 2. The van der Waals surface area contributed by atoms with Crippen LogP contribution in [0.2, 0.25) is 0 Å². The predicted molar refractivity (Wildman–Crippen MR) is 76.9 cm³/mol. The van der Waals surface area contributed by atoms with Crippen LogP contribution < -0.4 is 5.32 Å². The maximum absolute atomic E-state index is 10.9. The molecule has 0 saturated carbocycles. The topological polar surface area (TPSA) is 75.1 Å². The summed E-state index contributed by atoms with van der Waals surface area (Å²) < 4.78 is 0. The third-order valence-corrected chi connectivity index (χ3v) is 3.09. The third-order valence-electron chi connectivity index (χ3n) is 3.09. The SMILES string of the molecule is CCc1ccc(CNc2ncc(C(=O)O)c(C)n2)cc1. The van der Waals surface area contributed by atoms with Crippen LogP contribution in [-0.2, 0) is 13.0 Å². The number of carboxylic acid groups (broad SMARTS) is 1. The Morgan fingerprint density at radius 3 is 2.45 bits per heavy atom. The second kappa shape index (κ2) is 6.14. The molecule has 0 spiro atoms. The highest BCUT2D eigenvalue weighted by molar-refractivity contribution is 5.88. The monoisotopic (exact) mass is 271 g/mol. The van der Waals surface area contributed by atoms with Crippen molar-refractivity contribution in [3.05, 3.63) is 52.8 Å². The van der Waals surface area contributed by atoms with Crippen LogP contribution in [0.25, 0.3) is 0 Å². The van der Waals surface area contributed by atoms with Gasteiger partial charge in [0.05, 0.1) is 11.3 Å². The highest BCUT2D eigenvalue weighted by atomic mass is 16.4. The molecule has 1 aromatic heterocycles. The molecule has 20 heavy (non-hydrogen) atoms. The van der Waals surface area contributed by atoms with E-state index in [9.17, 15) is 4.79 Å². The summed E-state index contributed by atoms with van der Waals surface area (Å²) in [7, 11) is 0. The lowest BCUT2D eigenvalue weighted by atomic mass is 10.1. The average molecular weight is 271 g/mol. The summed E-state index contributed by atoms with van der Waals surface area (Å²) in [5.41, 5.74) is 3.01. The lowest BCUT2D eigenvalue weighted by Crippen LogP contribution is -2.08. The lowest BCUT2D eigenvalue weighted by Gasteiger charge is -2.07. The molecule has 0 unspecified atom stereocenters. The van der Waals surface area contributed by atoms with E-state index < -0.39 is 5.97 Å². The minimum absolute atomic E-state index is 0.128. The molecular formula is C15H17N3O2. The molecule has 0 radical (unpaired) electrons. The van der Waals surface area contributed by atoms with E-state index in [-0.39, 0.29) is 5.56 Å². The molecule has 0 aliphatic carbocycles. The molecule has 5 heteroatoms. The molecule has 0 aliphatic heterocycles. The van der Waals surface area contributed by atoms with E-state index in [1.165, 1.54) is 11.8 Å². The minimum atomic E-state index is -1.01. The summed E-state index contributed by atoms with van der Waals surface area (Å²) in [4.78, 5) is 19.0. The van der Waals surface area contributed by atoms with Crippen molar-refractivity contribution in [1.29, 1.82) is 0 Å². The largest absolute Gasteiger partial charge is 0.478 e. The lowest BCUT2D eigenvalue weighted by molar-refractivity contribution is 0.0695. The Hall–Kier alpha value is -2.43. The van der Waals surface area contributed by atoms with Crippen LogP contribution in [0.15, 0.2) is 30.5 Å². The standard InChI is InChI=1S/C15H17N3O2/c1-3-11-4-6-12(7-5-11)8-16-15-17-9-13(14(19)20)10(2)18-15/h4-7,9H,3,8H2,1-2H3,(H,19,20)(H,16,17,18). The van der Waals surface area contributed by atoms with Gasteiger partial charge in [0.15, 0.2) is 0 Å². The molecule has 1 aromatic carbocycles. The van der Waals surface area contributed by atoms with Crippen molar-refractivity contribution in [3.63, 3.8) is 0 Å². The zero-order valence-corrected chi connectivity index (χ0v) is 11.6. The molecule has 0 bridgehead atoms. The van der Waals surface area contributed by atoms with Gasteiger partial charge < -0.3 is 10.4 Å². The van der Waals surface area contributed by atoms with Crippen molar-refractivity contribution in [2.75, 3.05) is 5.32 Å². The van der Waals surface area contributed by atoms with E-state index >= 15 is 0 Å². The Morgan fingerprint density at radius 1 is 1.25 bits per heavy atom. The van der Waals surface area contributed by atoms with Crippen LogP contribution in [0.4, 0.5) is 5.95 Å². The number of hydrogen-bond donors (Lipinski definition) is 2. The van der Waals surface area contributed by atoms with Crippen LogP contribution in [0.5, 0.6) is 0 Å². The van der Waals surface area contributed by atoms with Crippen molar-refractivity contribution < 1.29 is 9.90 Å². The van der Waals surface area contributed by atoms with Gasteiger partial charge in [0.25, 0.3) is 0 Å². The molecule has 1 heterocycles. The molecule has 0 atom stereocenters. The first kappa shape index (κ1) is 14.0. The summed E-state index contributed by atoms with van der Waals surface area (Å²) in [6.45, 7) is 4.39. The van der Waals surface area contributed by atoms with E-state index in [4.69, 9.17) is 5.11 Å². The molecule has 0 aliphatic rings. The van der Waals surface area contributed by atoms with Crippen molar-refractivity contribution >= 4 is 11.9 Å². The number of nitrogens with one attached hydrogen (secondary N) is 1. The van der Waals surface area contributed by atoms with Crippen LogP contribution >= 0.6 is 0 Å². The summed E-state index contributed by atoms with van der Waals surface area (Å²) in [5.74, 6) is -0.573. The van der Waals surface area contributed by atoms with E-state index in [0.717, 1.165) is 12.0 Å². The highest BCUT2D eigenvalue weighted by Gasteiger charge is 2.09. The first-order valence-corrected chi connectivity index (χ1v) is 6.48. The molecule has 5 nitrogen and oxygen atoms in total. The Balaban J connectivity index is 2.03. The number of hydrogen-bond acceptors (Lipinski definition) is 4. The van der Waals surface area contributed by atoms with Gasteiger partial charge >= 0.3 is 5.97 Å². The first-order valence-electron chi connectivity index (χ1n) is 6.48. The van der Waals surface area contributed by atoms with Crippen molar-refractivity contribution in [1.82, 2.24) is 9.97 Å². The molecule has 2 N–H and O–H groups in total. The molecule has 0 fully saturated rings. The summed E-state index contributed by atoms with van der Waals surface area (Å²) >= 11 is 0. The van der Waals surface area contributed by atoms with Gasteiger partial charge in [-0.15, -0.1) is 0 Å². The van der Waals surface area contributed by atoms with Gasteiger partial charge in [0.2, 0.25) is 5.95 Å². The Kier molecular flexibility index (Phi) is 4.30. The average Bonchev–Trinajstić information content (AvgIpc) is 2.45. The number of benzene rings is 1. The molecule has 0 amide bonds. The maximum Gasteiger partial charge on any atom is 0.339 e.